The number of piperidine rings is 1. The van der Waals surface area contributed by atoms with Gasteiger partial charge in [0.05, 0.1) is 28.6 Å². The van der Waals surface area contributed by atoms with Gasteiger partial charge in [-0.1, -0.05) is 18.2 Å². The average Bonchev–Trinajstić information content (AvgIpc) is 3.31. The summed E-state index contributed by atoms with van der Waals surface area (Å²) in [5.74, 6) is -0.0328. The van der Waals surface area contributed by atoms with Crippen molar-refractivity contribution in [1.29, 1.82) is 0 Å². The van der Waals surface area contributed by atoms with Crippen LogP contribution in [-0.4, -0.2) is 38.8 Å². The molecule has 0 radical (unpaired) electrons. The Hall–Kier alpha value is -3.68. The van der Waals surface area contributed by atoms with Crippen LogP contribution in [0.15, 0.2) is 67.0 Å². The number of carbonyl (C=O) groups is 1. The van der Waals surface area contributed by atoms with E-state index in [1.807, 2.05) is 23.1 Å². The van der Waals surface area contributed by atoms with Gasteiger partial charge in [0, 0.05) is 35.8 Å². The molecular weight excluding hydrogens is 429 g/mol. The molecule has 33 heavy (non-hydrogen) atoms. The van der Waals surface area contributed by atoms with Crippen molar-refractivity contribution in [2.45, 2.75) is 24.9 Å². The Bertz CT molecular complexity index is 1310. The highest BCUT2D eigenvalue weighted by Gasteiger charge is 2.31. The summed E-state index contributed by atoms with van der Waals surface area (Å²) in [6.07, 6.45) is -1.11. The number of benzene rings is 2. The molecule has 0 unspecified atom stereocenters. The summed E-state index contributed by atoms with van der Waals surface area (Å²) < 4.78 is 39.4. The maximum absolute atomic E-state index is 13.1. The van der Waals surface area contributed by atoms with Crippen molar-refractivity contribution in [1.82, 2.24) is 19.9 Å². The normalized spacial score (nSPS) is 16.8. The van der Waals surface area contributed by atoms with Gasteiger partial charge in [0.1, 0.15) is 0 Å². The topological polar surface area (TPSA) is 61.9 Å². The second-order valence-corrected chi connectivity index (χ2v) is 8.25. The minimum atomic E-state index is -4.41. The van der Waals surface area contributed by atoms with Gasteiger partial charge in [-0.05, 0) is 55.3 Å². The fourth-order valence-corrected chi connectivity index (χ4v) is 4.35. The van der Waals surface area contributed by atoms with Crippen LogP contribution in [0.5, 0.6) is 0 Å². The van der Waals surface area contributed by atoms with E-state index < -0.39 is 11.7 Å². The molecule has 1 N–H and O–H groups in total. The van der Waals surface area contributed by atoms with E-state index in [1.165, 1.54) is 6.07 Å². The molecule has 0 spiro atoms. The van der Waals surface area contributed by atoms with E-state index in [9.17, 15) is 18.0 Å². The van der Waals surface area contributed by atoms with Crippen molar-refractivity contribution in [3.05, 3.63) is 83.8 Å². The Kier molecular flexibility index (Phi) is 5.36. The highest BCUT2D eigenvalue weighted by atomic mass is 19.4. The standard InChI is InChI=1S/C25H21F3N4O/c26-25(27,28)19-6-1-4-16(12-19)20-7-2-8-21(31-20)18-5-3-11-32(14-18)24(33)17-9-10-22-23(13-17)30-15-29-22/h1-2,4,6-10,12-13,15,18H,3,5,11,14H2,(H,29,30)/t18-/m1/s1. The van der Waals surface area contributed by atoms with E-state index in [0.717, 1.165) is 41.7 Å². The second-order valence-electron chi connectivity index (χ2n) is 8.25. The number of imidazole rings is 1. The third-order valence-corrected chi connectivity index (χ3v) is 6.05. The number of fused-ring (bicyclic) bond motifs is 1. The number of likely N-dealkylation sites (tertiary alicyclic amines) is 1. The lowest BCUT2D eigenvalue weighted by Crippen LogP contribution is -2.39. The lowest BCUT2D eigenvalue weighted by molar-refractivity contribution is -0.137. The van der Waals surface area contributed by atoms with Crippen molar-refractivity contribution >= 4 is 16.9 Å². The monoisotopic (exact) mass is 450 g/mol. The first kappa shape index (κ1) is 21.2. The molecule has 3 heterocycles. The number of pyridine rings is 1. The van der Waals surface area contributed by atoms with Gasteiger partial charge in [-0.2, -0.15) is 13.2 Å². The predicted molar refractivity (Wildman–Crippen MR) is 119 cm³/mol. The van der Waals surface area contributed by atoms with Crippen LogP contribution in [0, 0.1) is 0 Å². The molecule has 8 heteroatoms. The summed E-state index contributed by atoms with van der Waals surface area (Å²) in [6, 6.07) is 16.0. The van der Waals surface area contributed by atoms with Gasteiger partial charge in [0.25, 0.3) is 5.91 Å². The van der Waals surface area contributed by atoms with Crippen LogP contribution in [0.3, 0.4) is 0 Å². The Balaban J connectivity index is 1.37. The molecule has 2 aromatic carbocycles. The van der Waals surface area contributed by atoms with Crippen LogP contribution in [0.4, 0.5) is 13.2 Å². The van der Waals surface area contributed by atoms with E-state index in [2.05, 4.69) is 15.0 Å². The number of nitrogens with zero attached hydrogens (tertiary/aromatic N) is 3. The summed E-state index contributed by atoms with van der Waals surface area (Å²) in [6.45, 7) is 1.17. The number of alkyl halides is 3. The van der Waals surface area contributed by atoms with Crippen LogP contribution in [0.25, 0.3) is 22.3 Å². The second kappa shape index (κ2) is 8.35. The molecule has 1 aliphatic heterocycles. The zero-order valence-corrected chi connectivity index (χ0v) is 17.6. The van der Waals surface area contributed by atoms with Crippen molar-refractivity contribution in [3.63, 3.8) is 0 Å². The minimum absolute atomic E-state index is 0.0179. The Labute approximate surface area is 188 Å². The van der Waals surface area contributed by atoms with Crippen molar-refractivity contribution < 1.29 is 18.0 Å². The SMILES string of the molecule is O=C(c1ccc2nc[nH]c2c1)N1CCC[C@@H](c2cccc(-c3cccc(C(F)(F)F)c3)n2)C1. The molecule has 1 atom stereocenters. The molecule has 0 aliphatic carbocycles. The summed E-state index contributed by atoms with van der Waals surface area (Å²) in [7, 11) is 0. The fourth-order valence-electron chi connectivity index (χ4n) is 4.35. The molecule has 0 saturated carbocycles. The number of carbonyl (C=O) groups excluding carboxylic acids is 1. The average molecular weight is 450 g/mol. The quantitative estimate of drug-likeness (QED) is 0.438. The number of halogens is 3. The molecule has 5 rings (SSSR count). The Morgan fingerprint density at radius 1 is 1.06 bits per heavy atom. The van der Waals surface area contributed by atoms with Crippen LogP contribution >= 0.6 is 0 Å². The first-order chi connectivity index (χ1) is 15.9. The van der Waals surface area contributed by atoms with Gasteiger partial charge >= 0.3 is 6.18 Å². The van der Waals surface area contributed by atoms with Gasteiger partial charge in [-0.15, -0.1) is 0 Å². The number of amides is 1. The molecule has 2 aromatic heterocycles. The summed E-state index contributed by atoms with van der Waals surface area (Å²) >= 11 is 0. The zero-order chi connectivity index (χ0) is 23.0. The van der Waals surface area contributed by atoms with Crippen LogP contribution < -0.4 is 0 Å². The maximum atomic E-state index is 13.1. The molecule has 1 amide bonds. The molecule has 5 nitrogen and oxygen atoms in total. The molecular formula is C25H21F3N4O. The predicted octanol–water partition coefficient (Wildman–Crippen LogP) is 5.66. The van der Waals surface area contributed by atoms with E-state index in [-0.39, 0.29) is 11.8 Å². The first-order valence-electron chi connectivity index (χ1n) is 10.8. The number of H-pyrrole nitrogens is 1. The van der Waals surface area contributed by atoms with Crippen LogP contribution in [0.2, 0.25) is 0 Å². The van der Waals surface area contributed by atoms with Crippen LogP contribution in [-0.2, 0) is 6.18 Å². The number of aromatic nitrogens is 3. The number of hydrogen-bond donors (Lipinski definition) is 1. The first-order valence-corrected chi connectivity index (χ1v) is 10.8. The Morgan fingerprint density at radius 2 is 1.91 bits per heavy atom. The van der Waals surface area contributed by atoms with Gasteiger partial charge in [0.15, 0.2) is 0 Å². The Morgan fingerprint density at radius 3 is 2.76 bits per heavy atom. The molecule has 1 fully saturated rings. The third-order valence-electron chi connectivity index (χ3n) is 6.05. The van der Waals surface area contributed by atoms with Crippen molar-refractivity contribution in [3.8, 4) is 11.3 Å². The number of nitrogens with one attached hydrogen (secondary N) is 1. The van der Waals surface area contributed by atoms with Crippen molar-refractivity contribution in [2.24, 2.45) is 0 Å². The summed E-state index contributed by atoms with van der Waals surface area (Å²) in [5.41, 5.74) is 3.21. The van der Waals surface area contributed by atoms with Crippen molar-refractivity contribution in [2.75, 3.05) is 13.1 Å². The highest BCUT2D eigenvalue weighted by Crippen LogP contribution is 2.33. The third kappa shape index (κ3) is 4.33. The van der Waals surface area contributed by atoms with E-state index in [4.69, 9.17) is 0 Å². The fraction of sp³-hybridized carbons (Fsp3) is 0.240. The van der Waals surface area contributed by atoms with Gasteiger partial charge in [0.2, 0.25) is 0 Å². The smallest absolute Gasteiger partial charge is 0.345 e. The van der Waals surface area contributed by atoms with Gasteiger partial charge in [-0.3, -0.25) is 9.78 Å². The van der Waals surface area contributed by atoms with E-state index >= 15 is 0 Å². The minimum Gasteiger partial charge on any atom is -0.345 e. The molecule has 4 aromatic rings. The molecule has 168 valence electrons. The lowest BCUT2D eigenvalue weighted by atomic mass is 9.93. The molecule has 1 aliphatic rings. The zero-order valence-electron chi connectivity index (χ0n) is 17.6. The number of hydrogen-bond acceptors (Lipinski definition) is 3. The largest absolute Gasteiger partial charge is 0.416 e. The maximum Gasteiger partial charge on any atom is 0.416 e. The summed E-state index contributed by atoms with van der Waals surface area (Å²) in [5, 5.41) is 0. The van der Waals surface area contributed by atoms with E-state index in [0.29, 0.717) is 29.9 Å². The molecule has 1 saturated heterocycles. The molecule has 0 bridgehead atoms. The number of rotatable bonds is 3. The van der Waals surface area contributed by atoms with E-state index in [1.54, 1.807) is 30.6 Å². The van der Waals surface area contributed by atoms with Gasteiger partial charge in [-0.25, -0.2) is 4.98 Å². The number of aromatic amines is 1. The summed E-state index contributed by atoms with van der Waals surface area (Å²) in [4.78, 5) is 26.8. The lowest BCUT2D eigenvalue weighted by Gasteiger charge is -2.32. The highest BCUT2D eigenvalue weighted by molar-refractivity contribution is 5.97. The van der Waals surface area contributed by atoms with Crippen LogP contribution in [0.1, 0.15) is 40.4 Å². The van der Waals surface area contributed by atoms with Gasteiger partial charge < -0.3 is 9.88 Å².